The summed E-state index contributed by atoms with van der Waals surface area (Å²) in [5.74, 6) is -1.26. The van der Waals surface area contributed by atoms with Crippen LogP contribution < -0.4 is 10.1 Å². The lowest BCUT2D eigenvalue weighted by atomic mass is 10.1. The molecule has 0 spiro atoms. The van der Waals surface area contributed by atoms with Crippen LogP contribution in [0.4, 0.5) is 9.18 Å². The Hall–Kier alpha value is -4.26. The maximum absolute atomic E-state index is 13.1. The van der Waals surface area contributed by atoms with E-state index in [4.69, 9.17) is 4.74 Å². The second-order valence-electron chi connectivity index (χ2n) is 7.18. The van der Waals surface area contributed by atoms with Crippen molar-refractivity contribution in [2.24, 2.45) is 0 Å². The molecule has 1 saturated heterocycles. The summed E-state index contributed by atoms with van der Waals surface area (Å²) in [6.45, 7) is 0.338. The zero-order chi connectivity index (χ0) is 22.5. The molecule has 0 bridgehead atoms. The minimum Gasteiger partial charge on any atom is -0.489 e. The Morgan fingerprint density at radius 2 is 1.53 bits per heavy atom. The lowest BCUT2D eigenvalue weighted by Crippen LogP contribution is -2.53. The molecule has 0 unspecified atom stereocenters. The maximum Gasteiger partial charge on any atom is 0.331 e. The normalized spacial score (nSPS) is 15.1. The number of nitrogens with zero attached hydrogens (tertiary/aromatic N) is 1. The highest BCUT2D eigenvalue weighted by Gasteiger charge is 2.35. The van der Waals surface area contributed by atoms with E-state index < -0.39 is 23.7 Å². The molecule has 1 aliphatic heterocycles. The number of rotatable bonds is 6. The molecular formula is C25H19FN2O4. The highest BCUT2D eigenvalue weighted by atomic mass is 19.1. The number of carbonyl (C=O) groups excluding carboxylic acids is 3. The van der Waals surface area contributed by atoms with Gasteiger partial charge in [-0.25, -0.2) is 9.18 Å². The van der Waals surface area contributed by atoms with Crippen LogP contribution in [0.3, 0.4) is 0 Å². The Labute approximate surface area is 183 Å². The van der Waals surface area contributed by atoms with Crippen LogP contribution in [-0.2, 0) is 22.7 Å². The van der Waals surface area contributed by atoms with Gasteiger partial charge in [0.15, 0.2) is 0 Å². The van der Waals surface area contributed by atoms with Gasteiger partial charge < -0.3 is 4.74 Å². The van der Waals surface area contributed by atoms with Crippen molar-refractivity contribution in [1.29, 1.82) is 0 Å². The van der Waals surface area contributed by atoms with Gasteiger partial charge in [-0.05, 0) is 47.0 Å². The van der Waals surface area contributed by atoms with E-state index in [0.717, 1.165) is 10.5 Å². The third-order valence-electron chi connectivity index (χ3n) is 4.88. The first-order valence-electron chi connectivity index (χ1n) is 9.90. The van der Waals surface area contributed by atoms with Gasteiger partial charge >= 0.3 is 6.03 Å². The van der Waals surface area contributed by atoms with Crippen LogP contribution in [0.5, 0.6) is 5.75 Å². The van der Waals surface area contributed by atoms with E-state index in [0.29, 0.717) is 23.5 Å². The second-order valence-corrected chi connectivity index (χ2v) is 7.18. The third kappa shape index (κ3) is 4.89. The molecule has 6 nitrogen and oxygen atoms in total. The van der Waals surface area contributed by atoms with E-state index in [9.17, 15) is 18.8 Å². The molecule has 4 amide bonds. The number of hydrogen-bond acceptors (Lipinski definition) is 4. The second kappa shape index (κ2) is 9.26. The summed E-state index contributed by atoms with van der Waals surface area (Å²) in [5.41, 5.74) is 2.04. The van der Waals surface area contributed by atoms with Crippen molar-refractivity contribution >= 4 is 23.9 Å². The first-order valence-corrected chi connectivity index (χ1v) is 9.90. The van der Waals surface area contributed by atoms with Crippen molar-refractivity contribution in [2.75, 3.05) is 0 Å². The van der Waals surface area contributed by atoms with E-state index in [1.165, 1.54) is 30.3 Å². The van der Waals surface area contributed by atoms with E-state index >= 15 is 0 Å². The smallest absolute Gasteiger partial charge is 0.331 e. The first kappa shape index (κ1) is 21.0. The van der Waals surface area contributed by atoms with Crippen LogP contribution >= 0.6 is 0 Å². The van der Waals surface area contributed by atoms with Gasteiger partial charge in [-0.2, -0.15) is 0 Å². The van der Waals surface area contributed by atoms with Gasteiger partial charge in [0, 0.05) is 0 Å². The molecular weight excluding hydrogens is 411 g/mol. The number of halogens is 1. The van der Waals surface area contributed by atoms with E-state index in [1.54, 1.807) is 24.3 Å². The number of barbiturate groups is 1. The number of amides is 4. The van der Waals surface area contributed by atoms with E-state index in [-0.39, 0.29) is 12.1 Å². The molecule has 4 rings (SSSR count). The number of hydrogen-bond donors (Lipinski definition) is 1. The summed E-state index contributed by atoms with van der Waals surface area (Å²) in [7, 11) is 0. The SMILES string of the molecule is O=C1NC(=O)N(Cc2ccc(F)cc2)C(=O)/C1=C\c1ccc(OCc2ccccc2)cc1. The zero-order valence-corrected chi connectivity index (χ0v) is 17.0. The molecule has 1 fully saturated rings. The molecule has 0 saturated carbocycles. The number of imide groups is 2. The standard InChI is InChI=1S/C25H19FN2O4/c26-20-10-6-18(7-11-20)15-28-24(30)22(23(29)27-25(28)31)14-17-8-12-21(13-9-17)32-16-19-4-2-1-3-5-19/h1-14H,15-16H2,(H,27,29,31)/b22-14-. The lowest BCUT2D eigenvalue weighted by molar-refractivity contribution is -0.130. The van der Waals surface area contributed by atoms with Crippen molar-refractivity contribution < 1.29 is 23.5 Å². The Balaban J connectivity index is 1.47. The van der Waals surface area contributed by atoms with Crippen LogP contribution in [0.2, 0.25) is 0 Å². The topological polar surface area (TPSA) is 75.7 Å². The molecule has 3 aromatic rings. The Morgan fingerprint density at radius 1 is 0.844 bits per heavy atom. The van der Waals surface area contributed by atoms with Crippen molar-refractivity contribution in [3.8, 4) is 5.75 Å². The molecule has 0 aromatic heterocycles. The number of benzene rings is 3. The molecule has 160 valence electrons. The van der Waals surface area contributed by atoms with Gasteiger partial charge in [0.1, 0.15) is 23.7 Å². The monoisotopic (exact) mass is 430 g/mol. The molecule has 1 heterocycles. The molecule has 7 heteroatoms. The van der Waals surface area contributed by atoms with Crippen LogP contribution in [0.1, 0.15) is 16.7 Å². The molecule has 1 N–H and O–H groups in total. The predicted octanol–water partition coefficient (Wildman–Crippen LogP) is 4.07. The van der Waals surface area contributed by atoms with Crippen molar-refractivity contribution in [3.05, 3.63) is 107 Å². The summed E-state index contributed by atoms with van der Waals surface area (Å²) in [6.07, 6.45) is 1.42. The summed E-state index contributed by atoms with van der Waals surface area (Å²) in [6, 6.07) is 21.3. The van der Waals surface area contributed by atoms with Crippen LogP contribution in [0.25, 0.3) is 6.08 Å². The lowest BCUT2D eigenvalue weighted by Gasteiger charge is -2.26. The predicted molar refractivity (Wildman–Crippen MR) is 116 cm³/mol. The molecule has 0 aliphatic carbocycles. The van der Waals surface area contributed by atoms with Crippen molar-refractivity contribution in [1.82, 2.24) is 10.2 Å². The van der Waals surface area contributed by atoms with Gasteiger partial charge in [-0.1, -0.05) is 54.6 Å². The van der Waals surface area contributed by atoms with Crippen molar-refractivity contribution in [3.63, 3.8) is 0 Å². The molecule has 32 heavy (non-hydrogen) atoms. The fraction of sp³-hybridized carbons (Fsp3) is 0.0800. The summed E-state index contributed by atoms with van der Waals surface area (Å²) < 4.78 is 18.9. The number of carbonyl (C=O) groups is 3. The quantitative estimate of drug-likeness (QED) is 0.473. The molecule has 3 aromatic carbocycles. The van der Waals surface area contributed by atoms with Crippen LogP contribution in [0.15, 0.2) is 84.4 Å². The first-order chi connectivity index (χ1) is 15.5. The fourth-order valence-electron chi connectivity index (χ4n) is 3.18. The van der Waals surface area contributed by atoms with E-state index in [2.05, 4.69) is 5.32 Å². The summed E-state index contributed by atoms with van der Waals surface area (Å²) in [5, 5.41) is 2.17. The van der Waals surface area contributed by atoms with Gasteiger partial charge in [-0.15, -0.1) is 0 Å². The maximum atomic E-state index is 13.1. The van der Waals surface area contributed by atoms with E-state index in [1.807, 2.05) is 30.3 Å². The Kier molecular flexibility index (Phi) is 6.07. The number of ether oxygens (including phenoxy) is 1. The average molecular weight is 430 g/mol. The third-order valence-corrected chi connectivity index (χ3v) is 4.88. The fourth-order valence-corrected chi connectivity index (χ4v) is 3.18. The zero-order valence-electron chi connectivity index (χ0n) is 17.0. The molecule has 0 atom stereocenters. The minimum absolute atomic E-state index is 0.0815. The van der Waals surface area contributed by atoms with Crippen LogP contribution in [-0.4, -0.2) is 22.7 Å². The Bertz CT molecular complexity index is 1170. The number of urea groups is 1. The highest BCUT2D eigenvalue weighted by Crippen LogP contribution is 2.20. The van der Waals surface area contributed by atoms with Gasteiger partial charge in [0.05, 0.1) is 6.54 Å². The molecule has 1 aliphatic rings. The van der Waals surface area contributed by atoms with Gasteiger partial charge in [-0.3, -0.25) is 19.8 Å². The number of nitrogens with one attached hydrogen (secondary N) is 1. The average Bonchev–Trinajstić information content (AvgIpc) is 2.81. The summed E-state index contributed by atoms with van der Waals surface area (Å²) >= 11 is 0. The van der Waals surface area contributed by atoms with Crippen molar-refractivity contribution in [2.45, 2.75) is 13.2 Å². The highest BCUT2D eigenvalue weighted by molar-refractivity contribution is 6.30. The molecule has 0 radical (unpaired) electrons. The minimum atomic E-state index is -0.814. The summed E-state index contributed by atoms with van der Waals surface area (Å²) in [4.78, 5) is 38.2. The largest absolute Gasteiger partial charge is 0.489 e. The Morgan fingerprint density at radius 3 is 2.22 bits per heavy atom. The van der Waals surface area contributed by atoms with Gasteiger partial charge in [0.2, 0.25) is 0 Å². The van der Waals surface area contributed by atoms with Gasteiger partial charge in [0.25, 0.3) is 11.8 Å². The van der Waals surface area contributed by atoms with Crippen LogP contribution in [0, 0.1) is 5.82 Å².